The molecule has 1 atom stereocenters. The van der Waals surface area contributed by atoms with E-state index in [-0.39, 0.29) is 17.8 Å². The Balaban J connectivity index is 1.65. The van der Waals surface area contributed by atoms with E-state index in [1.54, 1.807) is 24.5 Å². The molecule has 2 aromatic rings. The van der Waals surface area contributed by atoms with Crippen LogP contribution >= 0.6 is 0 Å². The molecule has 1 amide bonds. The Morgan fingerprint density at radius 3 is 2.90 bits per heavy atom. The number of rotatable bonds is 3. The lowest BCUT2D eigenvalue weighted by Crippen LogP contribution is -2.55. The van der Waals surface area contributed by atoms with E-state index in [4.69, 9.17) is 0 Å². The van der Waals surface area contributed by atoms with E-state index in [9.17, 15) is 9.18 Å². The van der Waals surface area contributed by atoms with Gasteiger partial charge in [-0.1, -0.05) is 0 Å². The van der Waals surface area contributed by atoms with Gasteiger partial charge in [-0.15, -0.1) is 0 Å². The van der Waals surface area contributed by atoms with Crippen molar-refractivity contribution in [2.45, 2.75) is 6.04 Å². The predicted molar refractivity (Wildman–Crippen MR) is 77.6 cm³/mol. The second-order valence-electron chi connectivity index (χ2n) is 4.91. The Kier molecular flexibility index (Phi) is 3.83. The molecule has 0 spiro atoms. The Morgan fingerprint density at radius 1 is 1.38 bits per heavy atom. The fourth-order valence-electron chi connectivity index (χ4n) is 2.36. The Bertz CT molecular complexity index is 598. The molecule has 0 aliphatic carbocycles. The molecule has 1 aromatic heterocycles. The smallest absolute Gasteiger partial charge is 0.243 e. The molecule has 3 rings (SSSR count). The molecule has 1 aromatic carbocycles. The maximum absolute atomic E-state index is 13.0. The standard InChI is InChI=1S/C14H16FN5O/c15-10-1-3-12(4-2-10)20-6-5-16-13(9-20)14(21)19-11-7-17-18-8-11/h1-4,7-8,13,16H,5-6,9H2,(H,17,18)(H,19,21). The number of halogens is 1. The van der Waals surface area contributed by atoms with Gasteiger partial charge in [-0.2, -0.15) is 5.10 Å². The van der Waals surface area contributed by atoms with Crippen LogP contribution in [0.5, 0.6) is 0 Å². The molecule has 0 radical (unpaired) electrons. The molecule has 2 heterocycles. The minimum absolute atomic E-state index is 0.108. The van der Waals surface area contributed by atoms with Gasteiger partial charge in [0.2, 0.25) is 5.91 Å². The molecule has 0 saturated carbocycles. The molecular weight excluding hydrogens is 273 g/mol. The molecule has 6 nitrogen and oxygen atoms in total. The molecule has 1 aliphatic rings. The Morgan fingerprint density at radius 2 is 2.19 bits per heavy atom. The number of amides is 1. The summed E-state index contributed by atoms with van der Waals surface area (Å²) >= 11 is 0. The molecule has 110 valence electrons. The Hall–Kier alpha value is -2.41. The molecule has 1 fully saturated rings. The summed E-state index contributed by atoms with van der Waals surface area (Å²) < 4.78 is 13.0. The van der Waals surface area contributed by atoms with Crippen molar-refractivity contribution >= 4 is 17.3 Å². The van der Waals surface area contributed by atoms with Gasteiger partial charge in [-0.25, -0.2) is 4.39 Å². The van der Waals surface area contributed by atoms with E-state index in [1.165, 1.54) is 12.1 Å². The van der Waals surface area contributed by atoms with Crippen LogP contribution in [-0.4, -0.2) is 41.8 Å². The van der Waals surface area contributed by atoms with Crippen LogP contribution in [0.2, 0.25) is 0 Å². The predicted octanol–water partition coefficient (Wildman–Crippen LogP) is 0.966. The van der Waals surface area contributed by atoms with Crippen molar-refractivity contribution in [3.63, 3.8) is 0 Å². The molecule has 3 N–H and O–H groups in total. The average Bonchev–Trinajstić information content (AvgIpc) is 3.01. The van der Waals surface area contributed by atoms with Crippen molar-refractivity contribution in [3.05, 3.63) is 42.5 Å². The van der Waals surface area contributed by atoms with Gasteiger partial charge < -0.3 is 15.5 Å². The van der Waals surface area contributed by atoms with E-state index in [0.29, 0.717) is 18.8 Å². The third-order valence-corrected chi connectivity index (χ3v) is 3.45. The van der Waals surface area contributed by atoms with Crippen LogP contribution in [-0.2, 0) is 4.79 Å². The highest BCUT2D eigenvalue weighted by molar-refractivity contribution is 5.95. The van der Waals surface area contributed by atoms with Crippen LogP contribution < -0.4 is 15.5 Å². The van der Waals surface area contributed by atoms with Crippen molar-refractivity contribution < 1.29 is 9.18 Å². The normalized spacial score (nSPS) is 18.5. The number of benzene rings is 1. The van der Waals surface area contributed by atoms with Crippen molar-refractivity contribution in [1.82, 2.24) is 15.5 Å². The van der Waals surface area contributed by atoms with Crippen LogP contribution in [0.25, 0.3) is 0 Å². The number of carbonyl (C=O) groups excluding carboxylic acids is 1. The van der Waals surface area contributed by atoms with Crippen molar-refractivity contribution in [1.29, 1.82) is 0 Å². The lowest BCUT2D eigenvalue weighted by atomic mass is 10.1. The number of carbonyl (C=O) groups is 1. The van der Waals surface area contributed by atoms with E-state index >= 15 is 0 Å². The molecule has 1 aliphatic heterocycles. The largest absolute Gasteiger partial charge is 0.368 e. The summed E-state index contributed by atoms with van der Waals surface area (Å²) in [5.74, 6) is -0.369. The first kappa shape index (κ1) is 13.6. The average molecular weight is 289 g/mol. The fourth-order valence-corrected chi connectivity index (χ4v) is 2.36. The van der Waals surface area contributed by atoms with Gasteiger partial charge in [-0.05, 0) is 24.3 Å². The summed E-state index contributed by atoms with van der Waals surface area (Å²) in [6, 6.07) is 5.99. The maximum atomic E-state index is 13.0. The zero-order chi connectivity index (χ0) is 14.7. The highest BCUT2D eigenvalue weighted by Crippen LogP contribution is 2.17. The van der Waals surface area contributed by atoms with Crippen LogP contribution in [0.15, 0.2) is 36.7 Å². The van der Waals surface area contributed by atoms with Gasteiger partial charge >= 0.3 is 0 Å². The number of aromatic nitrogens is 2. The first-order valence-electron chi connectivity index (χ1n) is 6.76. The molecule has 1 saturated heterocycles. The number of hydrogen-bond acceptors (Lipinski definition) is 4. The third kappa shape index (κ3) is 3.19. The van der Waals surface area contributed by atoms with Gasteiger partial charge in [0.05, 0.1) is 11.9 Å². The van der Waals surface area contributed by atoms with Gasteiger partial charge in [0.15, 0.2) is 0 Å². The maximum Gasteiger partial charge on any atom is 0.243 e. The minimum atomic E-state index is -0.321. The fraction of sp³-hybridized carbons (Fsp3) is 0.286. The summed E-state index contributed by atoms with van der Waals surface area (Å²) in [4.78, 5) is 14.3. The molecule has 0 bridgehead atoms. The van der Waals surface area contributed by atoms with Gasteiger partial charge in [0.25, 0.3) is 0 Å². The number of nitrogens with one attached hydrogen (secondary N) is 3. The lowest BCUT2D eigenvalue weighted by Gasteiger charge is -2.34. The Labute approximate surface area is 121 Å². The van der Waals surface area contributed by atoms with Crippen LogP contribution in [0.1, 0.15) is 0 Å². The number of anilines is 2. The SMILES string of the molecule is O=C(Nc1cn[nH]c1)C1CN(c2ccc(F)cc2)CCN1. The summed E-state index contributed by atoms with van der Waals surface area (Å²) in [5.41, 5.74) is 1.56. The van der Waals surface area contributed by atoms with Gasteiger partial charge in [0.1, 0.15) is 11.9 Å². The van der Waals surface area contributed by atoms with Crippen molar-refractivity contribution in [3.8, 4) is 0 Å². The zero-order valence-corrected chi connectivity index (χ0v) is 11.3. The van der Waals surface area contributed by atoms with E-state index in [2.05, 4.69) is 25.7 Å². The quantitative estimate of drug-likeness (QED) is 0.787. The first-order valence-corrected chi connectivity index (χ1v) is 6.76. The van der Waals surface area contributed by atoms with Crippen LogP contribution in [0.4, 0.5) is 15.8 Å². The second-order valence-corrected chi connectivity index (χ2v) is 4.91. The number of nitrogens with zero attached hydrogens (tertiary/aromatic N) is 2. The number of piperazine rings is 1. The highest BCUT2D eigenvalue weighted by atomic mass is 19.1. The van der Waals surface area contributed by atoms with Gasteiger partial charge in [-0.3, -0.25) is 9.89 Å². The zero-order valence-electron chi connectivity index (χ0n) is 11.3. The molecular formula is C14H16FN5O. The summed E-state index contributed by atoms with van der Waals surface area (Å²) in [6.45, 7) is 2.01. The summed E-state index contributed by atoms with van der Waals surface area (Å²) in [7, 11) is 0. The third-order valence-electron chi connectivity index (χ3n) is 3.45. The van der Waals surface area contributed by atoms with Crippen molar-refractivity contribution in [2.24, 2.45) is 0 Å². The lowest BCUT2D eigenvalue weighted by molar-refractivity contribution is -0.118. The van der Waals surface area contributed by atoms with Crippen molar-refractivity contribution in [2.75, 3.05) is 29.9 Å². The topological polar surface area (TPSA) is 73.0 Å². The first-order chi connectivity index (χ1) is 10.2. The second kappa shape index (κ2) is 5.92. The minimum Gasteiger partial charge on any atom is -0.368 e. The van der Waals surface area contributed by atoms with E-state index in [1.807, 2.05) is 0 Å². The van der Waals surface area contributed by atoms with E-state index in [0.717, 1.165) is 12.2 Å². The molecule has 1 unspecified atom stereocenters. The summed E-state index contributed by atoms with van der Waals surface area (Å²) in [5, 5.41) is 12.4. The van der Waals surface area contributed by atoms with Gasteiger partial charge in [0, 0.05) is 31.5 Å². The monoisotopic (exact) mass is 289 g/mol. The molecule has 21 heavy (non-hydrogen) atoms. The number of H-pyrrole nitrogens is 1. The van der Waals surface area contributed by atoms with Crippen LogP contribution in [0, 0.1) is 5.82 Å². The van der Waals surface area contributed by atoms with E-state index < -0.39 is 0 Å². The number of hydrogen-bond donors (Lipinski definition) is 3. The number of aromatic amines is 1. The highest BCUT2D eigenvalue weighted by Gasteiger charge is 2.25. The summed E-state index contributed by atoms with van der Waals surface area (Å²) in [6.07, 6.45) is 3.18. The molecule has 7 heteroatoms. The van der Waals surface area contributed by atoms with Crippen LogP contribution in [0.3, 0.4) is 0 Å².